The summed E-state index contributed by atoms with van der Waals surface area (Å²) in [6.45, 7) is 4.18. The van der Waals surface area contributed by atoms with E-state index in [1.54, 1.807) is 12.3 Å². The standard InChI is InChI=1S/C18H18N2O3/c1-12-7-8-13(2)14(9-12)10-19-20-18(21)17-11-22-15-5-3-4-6-16(15)23-17/h3-10,17H,11H2,1-2H3,(H,20,21). The van der Waals surface area contributed by atoms with Gasteiger partial charge in [-0.3, -0.25) is 4.79 Å². The van der Waals surface area contributed by atoms with Gasteiger partial charge in [0.1, 0.15) is 6.61 Å². The monoisotopic (exact) mass is 310 g/mol. The van der Waals surface area contributed by atoms with Crippen LogP contribution in [0.5, 0.6) is 11.5 Å². The molecule has 0 spiro atoms. The van der Waals surface area contributed by atoms with Crippen LogP contribution in [0.25, 0.3) is 0 Å². The third kappa shape index (κ3) is 3.51. The topological polar surface area (TPSA) is 59.9 Å². The van der Waals surface area contributed by atoms with Crippen LogP contribution in [0, 0.1) is 13.8 Å². The molecule has 0 bridgehead atoms. The first kappa shape index (κ1) is 15.1. The number of amides is 1. The van der Waals surface area contributed by atoms with Crippen LogP contribution in [0.3, 0.4) is 0 Å². The average Bonchev–Trinajstić information content (AvgIpc) is 2.57. The van der Waals surface area contributed by atoms with E-state index < -0.39 is 6.10 Å². The van der Waals surface area contributed by atoms with Crippen molar-refractivity contribution in [2.45, 2.75) is 20.0 Å². The smallest absolute Gasteiger partial charge is 0.284 e. The molecule has 0 aliphatic carbocycles. The molecule has 1 aliphatic rings. The van der Waals surface area contributed by atoms with E-state index in [9.17, 15) is 4.79 Å². The summed E-state index contributed by atoms with van der Waals surface area (Å²) < 4.78 is 11.1. The van der Waals surface area contributed by atoms with Gasteiger partial charge in [-0.2, -0.15) is 5.10 Å². The summed E-state index contributed by atoms with van der Waals surface area (Å²) >= 11 is 0. The van der Waals surface area contributed by atoms with Crippen LogP contribution < -0.4 is 14.9 Å². The van der Waals surface area contributed by atoms with Gasteiger partial charge in [0.2, 0.25) is 6.10 Å². The van der Waals surface area contributed by atoms with Gasteiger partial charge in [-0.05, 0) is 37.1 Å². The van der Waals surface area contributed by atoms with Crippen molar-refractivity contribution >= 4 is 12.1 Å². The lowest BCUT2D eigenvalue weighted by Gasteiger charge is -2.24. The Labute approximate surface area is 134 Å². The first-order valence-corrected chi connectivity index (χ1v) is 7.42. The summed E-state index contributed by atoms with van der Waals surface area (Å²) in [7, 11) is 0. The van der Waals surface area contributed by atoms with Crippen LogP contribution in [0.15, 0.2) is 47.6 Å². The Kier molecular flexibility index (Phi) is 4.28. The summed E-state index contributed by atoms with van der Waals surface area (Å²) in [5.41, 5.74) is 5.71. The SMILES string of the molecule is Cc1ccc(C)c(C=NNC(=O)C2COc3ccccc3O2)c1. The molecule has 1 aliphatic heterocycles. The quantitative estimate of drug-likeness (QED) is 0.700. The highest BCUT2D eigenvalue weighted by molar-refractivity contribution is 5.85. The summed E-state index contributed by atoms with van der Waals surface area (Å²) in [6, 6.07) is 13.3. The molecular formula is C18H18N2O3. The molecule has 0 aromatic heterocycles. The number of hydrogen-bond acceptors (Lipinski definition) is 4. The molecule has 0 radical (unpaired) electrons. The van der Waals surface area contributed by atoms with Crippen molar-refractivity contribution in [1.82, 2.24) is 5.43 Å². The number of hydrogen-bond donors (Lipinski definition) is 1. The number of hydrazone groups is 1. The van der Waals surface area contributed by atoms with Gasteiger partial charge in [0.15, 0.2) is 11.5 Å². The first-order valence-electron chi connectivity index (χ1n) is 7.42. The second kappa shape index (κ2) is 6.52. The van der Waals surface area contributed by atoms with Gasteiger partial charge in [0.05, 0.1) is 6.21 Å². The van der Waals surface area contributed by atoms with Crippen molar-refractivity contribution < 1.29 is 14.3 Å². The minimum absolute atomic E-state index is 0.168. The zero-order valence-corrected chi connectivity index (χ0v) is 13.1. The number of carbonyl (C=O) groups excluding carboxylic acids is 1. The second-order valence-electron chi connectivity index (χ2n) is 5.46. The molecule has 2 aromatic carbocycles. The fourth-order valence-electron chi connectivity index (χ4n) is 2.29. The van der Waals surface area contributed by atoms with Gasteiger partial charge in [-0.1, -0.05) is 35.9 Å². The van der Waals surface area contributed by atoms with Crippen molar-refractivity contribution in [3.05, 3.63) is 59.2 Å². The lowest BCUT2D eigenvalue weighted by Crippen LogP contribution is -2.42. The molecule has 0 saturated carbocycles. The maximum absolute atomic E-state index is 12.1. The van der Waals surface area contributed by atoms with Crippen molar-refractivity contribution in [2.24, 2.45) is 5.10 Å². The zero-order valence-electron chi connectivity index (χ0n) is 13.1. The van der Waals surface area contributed by atoms with E-state index in [1.165, 1.54) is 0 Å². The Hall–Kier alpha value is -2.82. The molecular weight excluding hydrogens is 292 g/mol. The Bertz CT molecular complexity index is 756. The molecule has 0 fully saturated rings. The van der Waals surface area contributed by atoms with Gasteiger partial charge in [0, 0.05) is 0 Å². The van der Waals surface area contributed by atoms with E-state index in [0.29, 0.717) is 11.5 Å². The largest absolute Gasteiger partial charge is 0.485 e. The zero-order chi connectivity index (χ0) is 16.2. The summed E-state index contributed by atoms with van der Waals surface area (Å²) in [4.78, 5) is 12.1. The predicted octanol–water partition coefficient (Wildman–Crippen LogP) is 2.59. The third-order valence-electron chi connectivity index (χ3n) is 3.61. The van der Waals surface area contributed by atoms with Gasteiger partial charge < -0.3 is 9.47 Å². The Balaban J connectivity index is 1.62. The molecule has 3 rings (SSSR count). The Morgan fingerprint density at radius 1 is 1.22 bits per heavy atom. The highest BCUT2D eigenvalue weighted by Crippen LogP contribution is 2.30. The lowest BCUT2D eigenvalue weighted by atomic mass is 10.1. The number of ether oxygens (including phenoxy) is 2. The summed E-state index contributed by atoms with van der Waals surface area (Å²) in [6.07, 6.45) is 0.929. The number of fused-ring (bicyclic) bond motifs is 1. The molecule has 1 N–H and O–H groups in total. The molecule has 1 amide bonds. The summed E-state index contributed by atoms with van der Waals surface area (Å²) in [5.74, 6) is 0.883. The van der Waals surface area contributed by atoms with Gasteiger partial charge in [-0.15, -0.1) is 0 Å². The van der Waals surface area contributed by atoms with Gasteiger partial charge in [0.25, 0.3) is 5.91 Å². The van der Waals surface area contributed by atoms with Gasteiger partial charge in [-0.25, -0.2) is 5.43 Å². The molecule has 1 atom stereocenters. The van der Waals surface area contributed by atoms with Crippen LogP contribution in [-0.2, 0) is 4.79 Å². The Morgan fingerprint density at radius 3 is 2.83 bits per heavy atom. The fourth-order valence-corrected chi connectivity index (χ4v) is 2.29. The maximum atomic E-state index is 12.1. The van der Waals surface area contributed by atoms with E-state index in [1.807, 2.05) is 50.2 Å². The predicted molar refractivity (Wildman–Crippen MR) is 88.0 cm³/mol. The Morgan fingerprint density at radius 2 is 2.00 bits per heavy atom. The maximum Gasteiger partial charge on any atom is 0.284 e. The minimum atomic E-state index is -0.708. The highest BCUT2D eigenvalue weighted by atomic mass is 16.6. The number of carbonyl (C=O) groups is 1. The van der Waals surface area contributed by atoms with E-state index in [-0.39, 0.29) is 12.5 Å². The molecule has 1 heterocycles. The number of benzene rings is 2. The van der Waals surface area contributed by atoms with Crippen molar-refractivity contribution in [3.8, 4) is 11.5 Å². The van der Waals surface area contributed by atoms with E-state index in [2.05, 4.69) is 10.5 Å². The van der Waals surface area contributed by atoms with Crippen LogP contribution in [-0.4, -0.2) is 24.8 Å². The molecule has 2 aromatic rings. The molecule has 5 nitrogen and oxygen atoms in total. The molecule has 1 unspecified atom stereocenters. The van der Waals surface area contributed by atoms with Crippen molar-refractivity contribution in [2.75, 3.05) is 6.61 Å². The second-order valence-corrected chi connectivity index (χ2v) is 5.46. The molecule has 0 saturated heterocycles. The van der Waals surface area contributed by atoms with Gasteiger partial charge >= 0.3 is 0 Å². The average molecular weight is 310 g/mol. The number of nitrogens with zero attached hydrogens (tertiary/aromatic N) is 1. The van der Waals surface area contributed by atoms with Crippen LogP contribution in [0.4, 0.5) is 0 Å². The van der Waals surface area contributed by atoms with Crippen LogP contribution in [0.2, 0.25) is 0 Å². The normalized spacial score (nSPS) is 16.3. The minimum Gasteiger partial charge on any atom is -0.485 e. The fraction of sp³-hybridized carbons (Fsp3) is 0.222. The van der Waals surface area contributed by atoms with Crippen LogP contribution in [0.1, 0.15) is 16.7 Å². The summed E-state index contributed by atoms with van der Waals surface area (Å²) in [5, 5.41) is 4.01. The molecule has 5 heteroatoms. The highest BCUT2D eigenvalue weighted by Gasteiger charge is 2.26. The van der Waals surface area contributed by atoms with E-state index in [4.69, 9.17) is 9.47 Å². The van der Waals surface area contributed by atoms with E-state index in [0.717, 1.165) is 16.7 Å². The van der Waals surface area contributed by atoms with Crippen molar-refractivity contribution in [1.29, 1.82) is 0 Å². The number of aryl methyl sites for hydroxylation is 2. The lowest BCUT2D eigenvalue weighted by molar-refractivity contribution is -0.130. The molecule has 118 valence electrons. The van der Waals surface area contributed by atoms with E-state index >= 15 is 0 Å². The third-order valence-corrected chi connectivity index (χ3v) is 3.61. The number of para-hydroxylation sites is 2. The number of rotatable bonds is 3. The van der Waals surface area contributed by atoms with Crippen molar-refractivity contribution in [3.63, 3.8) is 0 Å². The van der Waals surface area contributed by atoms with Crippen LogP contribution >= 0.6 is 0 Å². The molecule has 23 heavy (non-hydrogen) atoms. The first-order chi connectivity index (χ1) is 11.1. The number of nitrogens with one attached hydrogen (secondary N) is 1.